The van der Waals surface area contributed by atoms with Gasteiger partial charge in [-0.15, -0.1) is 0 Å². The van der Waals surface area contributed by atoms with E-state index < -0.39 is 10.8 Å². The van der Waals surface area contributed by atoms with Crippen LogP contribution in [0.2, 0.25) is 0 Å². The van der Waals surface area contributed by atoms with Gasteiger partial charge in [-0.25, -0.2) is 19.5 Å². The monoisotopic (exact) mass is 561 g/mol. The average molecular weight is 562 g/mol. The van der Waals surface area contributed by atoms with E-state index in [2.05, 4.69) is 32.9 Å². The predicted molar refractivity (Wildman–Crippen MR) is 158 cm³/mol. The summed E-state index contributed by atoms with van der Waals surface area (Å²) in [6.45, 7) is 7.60. The molecule has 0 amide bonds. The fraction of sp³-hybridized carbons (Fsp3) is 0.500. The van der Waals surface area contributed by atoms with Crippen molar-refractivity contribution in [1.29, 1.82) is 0 Å². The van der Waals surface area contributed by atoms with E-state index in [9.17, 15) is 4.21 Å². The number of fused-ring (bicyclic) bond motifs is 2. The highest BCUT2D eigenvalue weighted by atomic mass is 32.2. The Morgan fingerprint density at radius 1 is 0.925 bits per heavy atom. The van der Waals surface area contributed by atoms with Crippen LogP contribution in [0.25, 0.3) is 28.0 Å². The van der Waals surface area contributed by atoms with Crippen LogP contribution in [-0.4, -0.2) is 123 Å². The van der Waals surface area contributed by atoms with E-state index in [-0.39, 0.29) is 0 Å². The van der Waals surface area contributed by atoms with Crippen LogP contribution in [0.1, 0.15) is 5.69 Å². The van der Waals surface area contributed by atoms with Crippen LogP contribution in [0.3, 0.4) is 0 Å². The maximum absolute atomic E-state index is 11.7. The zero-order valence-electron chi connectivity index (χ0n) is 23.1. The third-order valence-electron chi connectivity index (χ3n) is 8.08. The van der Waals surface area contributed by atoms with Crippen LogP contribution in [-0.2, 0) is 22.1 Å². The summed E-state index contributed by atoms with van der Waals surface area (Å²) in [5, 5.41) is 0. The van der Waals surface area contributed by atoms with Gasteiger partial charge in [0.2, 0.25) is 11.9 Å². The molecule has 3 aromatic heterocycles. The summed E-state index contributed by atoms with van der Waals surface area (Å²) in [5.41, 5.74) is 4.55. The zero-order valence-corrected chi connectivity index (χ0v) is 23.9. The van der Waals surface area contributed by atoms with Crippen molar-refractivity contribution in [2.45, 2.75) is 12.6 Å². The van der Waals surface area contributed by atoms with E-state index in [0.717, 1.165) is 96.8 Å². The molecule has 210 valence electrons. The third-order valence-corrected chi connectivity index (χ3v) is 9.35. The maximum Gasteiger partial charge on any atom is 0.239 e. The van der Waals surface area contributed by atoms with Crippen molar-refractivity contribution < 1.29 is 8.95 Å². The summed E-state index contributed by atoms with van der Waals surface area (Å²) in [7, 11) is 3.34. The molecule has 0 bridgehead atoms. The number of pyridine rings is 1. The number of imidazole rings is 1. The Morgan fingerprint density at radius 3 is 2.48 bits per heavy atom. The predicted octanol–water partition coefficient (Wildman–Crippen LogP) is 1.51. The molecule has 0 unspecified atom stereocenters. The first-order valence-corrected chi connectivity index (χ1v) is 15.5. The highest BCUT2D eigenvalue weighted by molar-refractivity contribution is 7.85. The molecule has 6 heterocycles. The van der Waals surface area contributed by atoms with Gasteiger partial charge >= 0.3 is 0 Å². The normalized spacial score (nSPS) is 19.9. The summed E-state index contributed by atoms with van der Waals surface area (Å²) in [4.78, 5) is 29.3. The highest BCUT2D eigenvalue weighted by Gasteiger charge is 2.33. The van der Waals surface area contributed by atoms with Crippen LogP contribution in [0.15, 0.2) is 36.4 Å². The molecule has 0 N–H and O–H groups in total. The molecule has 7 rings (SSSR count). The van der Waals surface area contributed by atoms with Crippen molar-refractivity contribution in [1.82, 2.24) is 34.3 Å². The Hall–Kier alpha value is -3.19. The number of hydrogen-bond donors (Lipinski definition) is 0. The van der Waals surface area contributed by atoms with E-state index in [1.165, 1.54) is 0 Å². The number of likely N-dealkylation sites (tertiary alicyclic amines) is 1. The molecular weight excluding hydrogens is 526 g/mol. The Balaban J connectivity index is 1.22. The second-order valence-electron chi connectivity index (χ2n) is 11.0. The van der Waals surface area contributed by atoms with Crippen molar-refractivity contribution in [3.05, 3.63) is 42.1 Å². The summed E-state index contributed by atoms with van der Waals surface area (Å²) in [6.07, 6.45) is 0. The average Bonchev–Trinajstić information content (AvgIpc) is 3.35. The largest absolute Gasteiger partial charge is 0.378 e. The molecule has 11 nitrogen and oxygen atoms in total. The second-order valence-corrected chi connectivity index (χ2v) is 12.7. The van der Waals surface area contributed by atoms with Gasteiger partial charge in [0, 0.05) is 88.3 Å². The van der Waals surface area contributed by atoms with Crippen LogP contribution >= 0.6 is 0 Å². The van der Waals surface area contributed by atoms with Crippen LogP contribution in [0.4, 0.5) is 11.8 Å². The smallest absolute Gasteiger partial charge is 0.239 e. The molecular formula is C28H35N9O2S. The summed E-state index contributed by atoms with van der Waals surface area (Å²) in [5.74, 6) is 3.83. The number of aromatic nitrogens is 5. The van der Waals surface area contributed by atoms with Gasteiger partial charge in [-0.2, -0.15) is 4.98 Å². The lowest BCUT2D eigenvalue weighted by molar-refractivity contribution is 0.0331. The standard InChI is InChI=1S/C28H35N9O2S/c1-33(2)28-31-22-5-3-4-6-24(22)37(28)27-30-23-8-7-20(29-25(23)26(32-27)36-9-13-39-14-10-36)17-34-18-21(19-34)35-11-15-40(38)16-12-35/h3-8,21H,9-19H2,1-2H3. The summed E-state index contributed by atoms with van der Waals surface area (Å²) in [6, 6.07) is 12.8. The number of para-hydroxylation sites is 2. The number of rotatable bonds is 6. The van der Waals surface area contributed by atoms with Crippen LogP contribution < -0.4 is 9.80 Å². The number of hydrogen-bond acceptors (Lipinski definition) is 10. The summed E-state index contributed by atoms with van der Waals surface area (Å²) >= 11 is 0. The molecule has 0 radical (unpaired) electrons. The Kier molecular flexibility index (Phi) is 6.86. The molecule has 0 saturated carbocycles. The van der Waals surface area contributed by atoms with Gasteiger partial charge in [-0.3, -0.25) is 14.0 Å². The summed E-state index contributed by atoms with van der Waals surface area (Å²) < 4.78 is 19.4. The molecule has 40 heavy (non-hydrogen) atoms. The highest BCUT2D eigenvalue weighted by Crippen LogP contribution is 2.30. The van der Waals surface area contributed by atoms with E-state index in [0.29, 0.717) is 25.2 Å². The number of morpholine rings is 1. The van der Waals surface area contributed by atoms with E-state index >= 15 is 0 Å². The number of ether oxygens (including phenoxy) is 1. The first-order valence-electron chi connectivity index (χ1n) is 14.0. The molecule has 3 saturated heterocycles. The minimum atomic E-state index is -0.633. The number of anilines is 2. The molecule has 0 aliphatic carbocycles. The lowest BCUT2D eigenvalue weighted by atomic mass is 10.1. The van der Waals surface area contributed by atoms with Crippen LogP contribution in [0, 0.1) is 0 Å². The maximum atomic E-state index is 11.7. The topological polar surface area (TPSA) is 95.8 Å². The molecule has 1 aromatic carbocycles. The van der Waals surface area contributed by atoms with Gasteiger partial charge in [-0.1, -0.05) is 12.1 Å². The van der Waals surface area contributed by atoms with Crippen molar-refractivity contribution >= 4 is 44.6 Å². The number of nitrogens with zero attached hydrogens (tertiary/aromatic N) is 9. The minimum Gasteiger partial charge on any atom is -0.378 e. The van der Waals surface area contributed by atoms with Gasteiger partial charge in [-0.05, 0) is 24.3 Å². The van der Waals surface area contributed by atoms with Gasteiger partial charge in [0.1, 0.15) is 5.52 Å². The number of benzene rings is 1. The van der Waals surface area contributed by atoms with Gasteiger partial charge in [0.15, 0.2) is 5.82 Å². The van der Waals surface area contributed by atoms with E-state index in [1.807, 2.05) is 41.8 Å². The fourth-order valence-corrected chi connectivity index (χ4v) is 6.95. The fourth-order valence-electron chi connectivity index (χ4n) is 5.87. The molecule has 0 spiro atoms. The molecule has 0 atom stereocenters. The van der Waals surface area contributed by atoms with E-state index in [1.54, 1.807) is 0 Å². The van der Waals surface area contributed by atoms with Crippen molar-refractivity contribution in [3.63, 3.8) is 0 Å². The lowest BCUT2D eigenvalue weighted by Gasteiger charge is -2.46. The Labute approximate surface area is 236 Å². The minimum absolute atomic E-state index is 0.559. The van der Waals surface area contributed by atoms with Gasteiger partial charge in [0.05, 0.1) is 35.5 Å². The Morgan fingerprint density at radius 2 is 1.70 bits per heavy atom. The lowest BCUT2D eigenvalue weighted by Crippen LogP contribution is -2.61. The molecule has 3 fully saturated rings. The van der Waals surface area contributed by atoms with Crippen molar-refractivity contribution in [2.75, 3.05) is 87.9 Å². The van der Waals surface area contributed by atoms with Gasteiger partial charge < -0.3 is 14.5 Å². The first kappa shape index (κ1) is 25.8. The van der Waals surface area contributed by atoms with Crippen molar-refractivity contribution in [2.24, 2.45) is 0 Å². The van der Waals surface area contributed by atoms with Gasteiger partial charge in [0.25, 0.3) is 0 Å². The quantitative estimate of drug-likeness (QED) is 0.345. The third kappa shape index (κ3) is 4.83. The first-order chi connectivity index (χ1) is 19.5. The van der Waals surface area contributed by atoms with Crippen LogP contribution in [0.5, 0.6) is 0 Å². The SMILES string of the molecule is CN(C)c1nc2ccccc2n1-c1nc(N2CCOCC2)c2nc(CN3CC(N4CCS(=O)CC4)C3)ccc2n1. The second kappa shape index (κ2) is 10.7. The molecule has 3 aliphatic rings. The Bertz CT molecular complexity index is 1550. The molecule has 12 heteroatoms. The molecule has 4 aromatic rings. The van der Waals surface area contributed by atoms with Crippen molar-refractivity contribution in [3.8, 4) is 5.95 Å². The van der Waals surface area contributed by atoms with E-state index in [4.69, 9.17) is 24.7 Å². The zero-order chi connectivity index (χ0) is 27.2. The molecule has 3 aliphatic heterocycles.